The molecular weight excluding hydrogens is 390 g/mol. The number of benzene rings is 3. The summed E-state index contributed by atoms with van der Waals surface area (Å²) in [5, 5.41) is -0.101. The maximum atomic E-state index is 12.9. The summed E-state index contributed by atoms with van der Waals surface area (Å²) < 4.78 is 28.5. The molecule has 3 aromatic carbocycles. The molecule has 0 saturated heterocycles. The number of hydrogen-bond donors (Lipinski definition) is 1. The first-order valence-electron chi connectivity index (χ1n) is 8.86. The fourth-order valence-electron chi connectivity index (χ4n) is 2.79. The van der Waals surface area contributed by atoms with Crippen LogP contribution in [-0.4, -0.2) is 13.5 Å². The van der Waals surface area contributed by atoms with Crippen molar-refractivity contribution in [1.82, 2.24) is 4.72 Å². The maximum absolute atomic E-state index is 12.9. The fraction of sp³-hybridized carbons (Fsp3) is 0.136. The molecule has 0 fully saturated rings. The van der Waals surface area contributed by atoms with Crippen molar-refractivity contribution in [3.8, 4) is 0 Å². The molecule has 0 radical (unpaired) electrons. The van der Waals surface area contributed by atoms with E-state index in [4.69, 9.17) is 0 Å². The Kier molecular flexibility index (Phi) is 6.67. The van der Waals surface area contributed by atoms with Gasteiger partial charge in [-0.1, -0.05) is 85.4 Å². The second-order valence-electron chi connectivity index (χ2n) is 6.35. The van der Waals surface area contributed by atoms with E-state index in [1.807, 2.05) is 60.7 Å². The molecule has 0 aliphatic rings. The van der Waals surface area contributed by atoms with Crippen LogP contribution < -0.4 is 4.72 Å². The Balaban J connectivity index is 1.88. The molecular formula is C22H21NO3S2. The summed E-state index contributed by atoms with van der Waals surface area (Å²) >= 11 is 1.12. The van der Waals surface area contributed by atoms with Gasteiger partial charge in [-0.2, -0.15) is 0 Å². The largest absolute Gasteiger partial charge is 0.286 e. The van der Waals surface area contributed by atoms with E-state index in [0.717, 1.165) is 22.2 Å². The van der Waals surface area contributed by atoms with Crippen LogP contribution >= 0.6 is 11.8 Å². The summed E-state index contributed by atoms with van der Waals surface area (Å²) in [6.45, 7) is 1.75. The lowest BCUT2D eigenvalue weighted by molar-refractivity contribution is -0.114. The Hall–Kier alpha value is -2.41. The maximum Gasteiger partial charge on any atom is 0.241 e. The molecule has 3 rings (SSSR count). The van der Waals surface area contributed by atoms with Gasteiger partial charge in [0, 0.05) is 10.8 Å². The van der Waals surface area contributed by atoms with Crippen molar-refractivity contribution in [1.29, 1.82) is 0 Å². The predicted molar refractivity (Wildman–Crippen MR) is 112 cm³/mol. The van der Waals surface area contributed by atoms with E-state index in [9.17, 15) is 13.2 Å². The molecule has 1 N–H and O–H groups in total. The minimum Gasteiger partial charge on any atom is -0.286 e. The topological polar surface area (TPSA) is 63.2 Å². The average Bonchev–Trinajstić information content (AvgIpc) is 2.73. The number of hydrogen-bond acceptors (Lipinski definition) is 4. The highest BCUT2D eigenvalue weighted by atomic mass is 32.2. The van der Waals surface area contributed by atoms with Gasteiger partial charge in [0.2, 0.25) is 10.0 Å². The zero-order chi connectivity index (χ0) is 20.0. The Labute approximate surface area is 170 Å². The van der Waals surface area contributed by atoms with Crippen molar-refractivity contribution in [2.24, 2.45) is 5.92 Å². The first-order valence-corrected chi connectivity index (χ1v) is 11.2. The smallest absolute Gasteiger partial charge is 0.241 e. The van der Waals surface area contributed by atoms with E-state index in [0.29, 0.717) is 0 Å². The van der Waals surface area contributed by atoms with Gasteiger partial charge >= 0.3 is 0 Å². The summed E-state index contributed by atoms with van der Waals surface area (Å²) in [7, 11) is -3.77. The molecule has 3 aromatic rings. The van der Waals surface area contributed by atoms with E-state index < -0.39 is 22.0 Å². The SMILES string of the molecule is CC(C(=O)Sc1ccccc1)C(NS(=O)(=O)c1ccccc1)c1ccccc1. The molecule has 0 aliphatic carbocycles. The van der Waals surface area contributed by atoms with Gasteiger partial charge in [0.1, 0.15) is 0 Å². The van der Waals surface area contributed by atoms with Crippen molar-refractivity contribution in [3.63, 3.8) is 0 Å². The lowest BCUT2D eigenvalue weighted by Crippen LogP contribution is -2.35. The highest BCUT2D eigenvalue weighted by Crippen LogP contribution is 2.31. The van der Waals surface area contributed by atoms with Crippen LogP contribution in [0.2, 0.25) is 0 Å². The quantitative estimate of drug-likeness (QED) is 0.574. The Morgan fingerprint density at radius 2 is 1.32 bits per heavy atom. The molecule has 0 amide bonds. The third kappa shape index (κ3) is 5.10. The number of carbonyl (C=O) groups excluding carboxylic acids is 1. The molecule has 28 heavy (non-hydrogen) atoms. The van der Waals surface area contributed by atoms with Crippen LogP contribution in [0.4, 0.5) is 0 Å². The molecule has 4 nitrogen and oxygen atoms in total. The van der Waals surface area contributed by atoms with E-state index >= 15 is 0 Å². The van der Waals surface area contributed by atoms with Crippen molar-refractivity contribution in [2.75, 3.05) is 0 Å². The van der Waals surface area contributed by atoms with Crippen LogP contribution in [0.15, 0.2) is 101 Å². The van der Waals surface area contributed by atoms with Crippen LogP contribution in [0.5, 0.6) is 0 Å². The van der Waals surface area contributed by atoms with E-state index in [1.165, 1.54) is 12.1 Å². The minimum atomic E-state index is -3.77. The zero-order valence-corrected chi connectivity index (χ0v) is 17.0. The number of carbonyl (C=O) groups is 1. The van der Waals surface area contributed by atoms with Crippen molar-refractivity contribution >= 4 is 26.9 Å². The fourth-order valence-corrected chi connectivity index (χ4v) is 4.96. The summed E-state index contributed by atoms with van der Waals surface area (Å²) in [5.74, 6) is -0.564. The van der Waals surface area contributed by atoms with E-state index in [1.54, 1.807) is 25.1 Å². The molecule has 6 heteroatoms. The molecule has 0 bridgehead atoms. The first-order chi connectivity index (χ1) is 13.5. The second kappa shape index (κ2) is 9.19. The first kappa shape index (κ1) is 20.3. The van der Waals surface area contributed by atoms with Crippen LogP contribution in [0.1, 0.15) is 18.5 Å². The normalized spacial score (nSPS) is 13.6. The third-order valence-corrected chi connectivity index (χ3v) is 6.87. The zero-order valence-electron chi connectivity index (χ0n) is 15.4. The van der Waals surface area contributed by atoms with Crippen LogP contribution in [0.25, 0.3) is 0 Å². The lowest BCUT2D eigenvalue weighted by atomic mass is 9.96. The number of sulfonamides is 1. The van der Waals surface area contributed by atoms with Crippen LogP contribution in [0, 0.1) is 5.92 Å². The van der Waals surface area contributed by atoms with Crippen molar-refractivity contribution < 1.29 is 13.2 Å². The number of nitrogens with one attached hydrogen (secondary N) is 1. The standard InChI is InChI=1S/C22H21NO3S2/c1-17(22(24)27-19-13-7-3-8-14-19)21(18-11-5-2-6-12-18)23-28(25,26)20-15-9-4-10-16-20/h2-17,21,23H,1H3. The molecule has 0 heterocycles. The Morgan fingerprint density at radius 3 is 1.89 bits per heavy atom. The molecule has 0 spiro atoms. The highest BCUT2D eigenvalue weighted by Gasteiger charge is 2.30. The molecule has 2 atom stereocenters. The van der Waals surface area contributed by atoms with Gasteiger partial charge in [-0.3, -0.25) is 4.79 Å². The van der Waals surface area contributed by atoms with Gasteiger partial charge < -0.3 is 0 Å². The van der Waals surface area contributed by atoms with E-state index in [-0.39, 0.29) is 10.0 Å². The molecule has 2 unspecified atom stereocenters. The summed E-state index contributed by atoms with van der Waals surface area (Å²) in [5.41, 5.74) is 0.747. The lowest BCUT2D eigenvalue weighted by Gasteiger charge is -2.24. The second-order valence-corrected chi connectivity index (χ2v) is 9.14. The minimum absolute atomic E-state index is 0.101. The number of thioether (sulfide) groups is 1. The van der Waals surface area contributed by atoms with Crippen LogP contribution in [-0.2, 0) is 14.8 Å². The van der Waals surface area contributed by atoms with Gasteiger partial charge in [0.05, 0.1) is 10.9 Å². The predicted octanol–water partition coefficient (Wildman–Crippen LogP) is 4.66. The van der Waals surface area contributed by atoms with Gasteiger partial charge in [-0.05, 0) is 29.8 Å². The Bertz CT molecular complexity index is 1010. The third-order valence-electron chi connectivity index (χ3n) is 4.33. The molecule has 0 aliphatic heterocycles. The van der Waals surface area contributed by atoms with Gasteiger partial charge in [-0.15, -0.1) is 0 Å². The molecule has 0 saturated carbocycles. The van der Waals surface area contributed by atoms with Gasteiger partial charge in [0.25, 0.3) is 0 Å². The Morgan fingerprint density at radius 1 is 0.821 bits per heavy atom. The van der Waals surface area contributed by atoms with Gasteiger partial charge in [-0.25, -0.2) is 13.1 Å². The van der Waals surface area contributed by atoms with E-state index in [2.05, 4.69) is 4.72 Å². The number of rotatable bonds is 7. The summed E-state index contributed by atoms with van der Waals surface area (Å²) in [6, 6.07) is 26.0. The highest BCUT2D eigenvalue weighted by molar-refractivity contribution is 8.13. The van der Waals surface area contributed by atoms with Crippen LogP contribution in [0.3, 0.4) is 0 Å². The van der Waals surface area contributed by atoms with Crippen molar-refractivity contribution in [3.05, 3.63) is 96.6 Å². The molecule has 144 valence electrons. The summed E-state index contributed by atoms with van der Waals surface area (Å²) in [4.78, 5) is 13.9. The molecule has 0 aromatic heterocycles. The monoisotopic (exact) mass is 411 g/mol. The summed E-state index contributed by atoms with van der Waals surface area (Å²) in [6.07, 6.45) is 0. The van der Waals surface area contributed by atoms with Crippen molar-refractivity contribution in [2.45, 2.75) is 22.8 Å². The average molecular weight is 412 g/mol. The van der Waals surface area contributed by atoms with Gasteiger partial charge in [0.15, 0.2) is 5.12 Å².